The van der Waals surface area contributed by atoms with E-state index in [4.69, 9.17) is 0 Å². The SMILES string of the molecule is FCCN1CCC[C@H]1C(c1ccccc1)c1ccccc1. The number of benzene rings is 2. The van der Waals surface area contributed by atoms with Crippen LogP contribution in [0.15, 0.2) is 60.7 Å². The van der Waals surface area contributed by atoms with E-state index in [0.717, 1.165) is 13.0 Å². The molecule has 2 aromatic rings. The maximum Gasteiger partial charge on any atom is 0.102 e. The number of nitrogens with zero attached hydrogens (tertiary/aromatic N) is 1. The predicted molar refractivity (Wildman–Crippen MR) is 85.3 cm³/mol. The summed E-state index contributed by atoms with van der Waals surface area (Å²) in [5, 5.41) is 0. The zero-order valence-electron chi connectivity index (χ0n) is 12.3. The summed E-state index contributed by atoms with van der Waals surface area (Å²) >= 11 is 0. The molecule has 0 spiro atoms. The van der Waals surface area contributed by atoms with Crippen LogP contribution in [-0.2, 0) is 0 Å². The average molecular weight is 283 g/mol. The molecule has 0 bridgehead atoms. The summed E-state index contributed by atoms with van der Waals surface area (Å²) in [6, 6.07) is 21.7. The van der Waals surface area contributed by atoms with Crippen molar-refractivity contribution in [1.29, 1.82) is 0 Å². The molecule has 1 atom stereocenters. The molecule has 0 amide bonds. The van der Waals surface area contributed by atoms with Crippen molar-refractivity contribution in [3.63, 3.8) is 0 Å². The third-order valence-electron chi connectivity index (χ3n) is 4.49. The van der Waals surface area contributed by atoms with Crippen LogP contribution in [0.2, 0.25) is 0 Å². The topological polar surface area (TPSA) is 3.24 Å². The molecule has 1 aliphatic rings. The molecule has 3 rings (SSSR count). The van der Waals surface area contributed by atoms with E-state index in [1.165, 1.54) is 17.5 Å². The van der Waals surface area contributed by atoms with E-state index >= 15 is 0 Å². The van der Waals surface area contributed by atoms with Crippen LogP contribution in [0, 0.1) is 0 Å². The monoisotopic (exact) mass is 283 g/mol. The Morgan fingerprint density at radius 1 is 0.952 bits per heavy atom. The molecule has 110 valence electrons. The quantitative estimate of drug-likeness (QED) is 0.793. The summed E-state index contributed by atoms with van der Waals surface area (Å²) in [5.74, 6) is 0.335. The molecule has 1 fully saturated rings. The van der Waals surface area contributed by atoms with Crippen molar-refractivity contribution in [1.82, 2.24) is 4.90 Å². The Morgan fingerprint density at radius 3 is 2.05 bits per heavy atom. The van der Waals surface area contributed by atoms with Crippen LogP contribution in [0.3, 0.4) is 0 Å². The second kappa shape index (κ2) is 6.86. The van der Waals surface area contributed by atoms with E-state index in [2.05, 4.69) is 65.6 Å². The van der Waals surface area contributed by atoms with Crippen molar-refractivity contribution in [3.8, 4) is 0 Å². The van der Waals surface area contributed by atoms with Gasteiger partial charge in [0.15, 0.2) is 0 Å². The van der Waals surface area contributed by atoms with Crippen LogP contribution in [-0.4, -0.2) is 30.7 Å². The van der Waals surface area contributed by atoms with E-state index < -0.39 is 0 Å². The van der Waals surface area contributed by atoms with Gasteiger partial charge in [-0.15, -0.1) is 0 Å². The van der Waals surface area contributed by atoms with Crippen molar-refractivity contribution in [2.75, 3.05) is 19.8 Å². The van der Waals surface area contributed by atoms with Crippen LogP contribution < -0.4 is 0 Å². The van der Waals surface area contributed by atoms with Gasteiger partial charge in [-0.2, -0.15) is 0 Å². The minimum absolute atomic E-state index is 0.257. The molecule has 2 heteroatoms. The third kappa shape index (κ3) is 3.16. The smallest absolute Gasteiger partial charge is 0.102 e. The fraction of sp³-hybridized carbons (Fsp3) is 0.368. The fourth-order valence-corrected chi connectivity index (χ4v) is 3.57. The second-order valence-electron chi connectivity index (χ2n) is 5.73. The van der Waals surface area contributed by atoms with Gasteiger partial charge in [-0.05, 0) is 30.5 Å². The first-order valence-electron chi connectivity index (χ1n) is 7.80. The van der Waals surface area contributed by atoms with Crippen molar-refractivity contribution in [2.45, 2.75) is 24.8 Å². The van der Waals surface area contributed by atoms with Gasteiger partial charge in [0.1, 0.15) is 6.67 Å². The zero-order valence-corrected chi connectivity index (χ0v) is 12.3. The Labute approximate surface area is 126 Å². The van der Waals surface area contributed by atoms with Crippen LogP contribution >= 0.6 is 0 Å². The Morgan fingerprint density at radius 2 is 1.52 bits per heavy atom. The highest BCUT2D eigenvalue weighted by Crippen LogP contribution is 2.36. The van der Waals surface area contributed by atoms with Gasteiger partial charge in [0.2, 0.25) is 0 Å². The second-order valence-corrected chi connectivity index (χ2v) is 5.73. The summed E-state index contributed by atoms with van der Waals surface area (Å²) in [5.41, 5.74) is 2.67. The third-order valence-corrected chi connectivity index (χ3v) is 4.49. The zero-order chi connectivity index (χ0) is 14.5. The molecule has 0 aliphatic carbocycles. The molecule has 1 aliphatic heterocycles. The molecule has 21 heavy (non-hydrogen) atoms. The molecule has 2 aromatic carbocycles. The van der Waals surface area contributed by atoms with E-state index in [-0.39, 0.29) is 6.67 Å². The van der Waals surface area contributed by atoms with Crippen molar-refractivity contribution in [2.24, 2.45) is 0 Å². The van der Waals surface area contributed by atoms with Crippen LogP contribution in [0.25, 0.3) is 0 Å². The van der Waals surface area contributed by atoms with Crippen LogP contribution in [0.4, 0.5) is 4.39 Å². The fourth-order valence-electron chi connectivity index (χ4n) is 3.57. The summed E-state index contributed by atoms with van der Waals surface area (Å²) < 4.78 is 12.8. The van der Waals surface area contributed by atoms with Crippen molar-refractivity contribution in [3.05, 3.63) is 71.8 Å². The number of likely N-dealkylation sites (tertiary alicyclic amines) is 1. The van der Waals surface area contributed by atoms with Gasteiger partial charge >= 0.3 is 0 Å². The summed E-state index contributed by atoms with van der Waals surface area (Å²) in [6.07, 6.45) is 2.31. The minimum atomic E-state index is -0.257. The van der Waals surface area contributed by atoms with E-state index in [1.54, 1.807) is 0 Å². The number of halogens is 1. The first kappa shape index (κ1) is 14.3. The van der Waals surface area contributed by atoms with Gasteiger partial charge in [-0.25, -0.2) is 4.39 Å². The molecule has 1 nitrogen and oxygen atoms in total. The highest BCUT2D eigenvalue weighted by Gasteiger charge is 2.33. The largest absolute Gasteiger partial charge is 0.297 e. The van der Waals surface area contributed by atoms with Crippen molar-refractivity contribution >= 4 is 0 Å². The molecule has 1 saturated heterocycles. The maximum absolute atomic E-state index is 12.8. The number of hydrogen-bond acceptors (Lipinski definition) is 1. The maximum atomic E-state index is 12.8. The van der Waals surface area contributed by atoms with E-state index in [9.17, 15) is 4.39 Å². The first-order valence-corrected chi connectivity index (χ1v) is 7.80. The van der Waals surface area contributed by atoms with Gasteiger partial charge < -0.3 is 0 Å². The highest BCUT2D eigenvalue weighted by atomic mass is 19.1. The highest BCUT2D eigenvalue weighted by molar-refractivity contribution is 5.34. The molecule has 0 unspecified atom stereocenters. The molecule has 0 N–H and O–H groups in total. The van der Waals surface area contributed by atoms with Crippen LogP contribution in [0.5, 0.6) is 0 Å². The normalized spacial score (nSPS) is 19.2. The molecule has 0 radical (unpaired) electrons. The Kier molecular flexibility index (Phi) is 4.66. The molecule has 0 aromatic heterocycles. The van der Waals surface area contributed by atoms with Gasteiger partial charge in [-0.3, -0.25) is 4.90 Å². The lowest BCUT2D eigenvalue weighted by atomic mass is 9.84. The van der Waals surface area contributed by atoms with Crippen molar-refractivity contribution < 1.29 is 4.39 Å². The van der Waals surface area contributed by atoms with E-state index in [0.29, 0.717) is 18.5 Å². The number of rotatable bonds is 5. The van der Waals surface area contributed by atoms with Gasteiger partial charge in [-0.1, -0.05) is 60.7 Å². The minimum Gasteiger partial charge on any atom is -0.297 e. The predicted octanol–water partition coefficient (Wildman–Crippen LogP) is 4.25. The van der Waals surface area contributed by atoms with Crippen LogP contribution in [0.1, 0.15) is 29.9 Å². The standard InChI is InChI=1S/C19H22FN/c20-13-15-21-14-7-12-18(21)19(16-8-3-1-4-9-16)17-10-5-2-6-11-17/h1-6,8-11,18-19H,7,12-15H2/t18-/m0/s1. The summed E-state index contributed by atoms with van der Waals surface area (Å²) in [4.78, 5) is 2.32. The Balaban J connectivity index is 1.97. The first-order chi connectivity index (χ1) is 10.4. The average Bonchev–Trinajstić information content (AvgIpc) is 2.98. The van der Waals surface area contributed by atoms with E-state index in [1.807, 2.05) is 0 Å². The molecule has 0 saturated carbocycles. The summed E-state index contributed by atoms with van der Waals surface area (Å²) in [6.45, 7) is 1.32. The van der Waals surface area contributed by atoms with Gasteiger partial charge in [0, 0.05) is 18.5 Å². The molecular weight excluding hydrogens is 261 g/mol. The number of alkyl halides is 1. The lowest BCUT2D eigenvalue weighted by Gasteiger charge is -2.32. The molecular formula is C19H22FN. The van der Waals surface area contributed by atoms with Gasteiger partial charge in [0.25, 0.3) is 0 Å². The number of hydrogen-bond donors (Lipinski definition) is 0. The Hall–Kier alpha value is -1.67. The molecule has 1 heterocycles. The Bertz CT molecular complexity index is 501. The summed E-state index contributed by atoms with van der Waals surface area (Å²) in [7, 11) is 0. The lowest BCUT2D eigenvalue weighted by molar-refractivity contribution is 0.216. The lowest BCUT2D eigenvalue weighted by Crippen LogP contribution is -2.36. The van der Waals surface area contributed by atoms with Gasteiger partial charge in [0.05, 0.1) is 0 Å².